The topological polar surface area (TPSA) is 17.8 Å². The molecule has 4 heteroatoms. The van der Waals surface area contributed by atoms with E-state index in [4.69, 9.17) is 0 Å². The lowest BCUT2D eigenvalue weighted by atomic mass is 10.2. The number of fused-ring (bicyclic) bond motifs is 1. The average molecular weight is 182 g/mol. The van der Waals surface area contributed by atoms with E-state index >= 15 is 0 Å². The van der Waals surface area contributed by atoms with E-state index < -0.39 is 11.6 Å². The van der Waals surface area contributed by atoms with Gasteiger partial charge in [0.2, 0.25) is 0 Å². The summed E-state index contributed by atoms with van der Waals surface area (Å²) in [6, 6.07) is 2.66. The molecular weight excluding hydrogens is 174 g/mol. The van der Waals surface area contributed by atoms with Gasteiger partial charge in [-0.05, 0) is 19.1 Å². The van der Waals surface area contributed by atoms with Crippen molar-refractivity contribution < 1.29 is 8.78 Å². The van der Waals surface area contributed by atoms with Crippen molar-refractivity contribution in [2.75, 3.05) is 0 Å². The molecule has 0 spiro atoms. The summed E-state index contributed by atoms with van der Waals surface area (Å²) in [5.41, 5.74) is 0.925. The Morgan fingerprint density at radius 2 is 2.00 bits per heavy atom. The molecule has 1 aromatic heterocycles. The van der Waals surface area contributed by atoms with Gasteiger partial charge in [0.25, 0.3) is 0 Å². The fourth-order valence-electron chi connectivity index (χ4n) is 1.48. The second-order valence-electron chi connectivity index (χ2n) is 2.97. The lowest BCUT2D eigenvalue weighted by molar-refractivity contribution is 0.511. The van der Waals surface area contributed by atoms with E-state index in [2.05, 4.69) is 5.10 Å². The Bertz CT molecular complexity index is 474. The van der Waals surface area contributed by atoms with Crippen LogP contribution in [0.1, 0.15) is 5.69 Å². The van der Waals surface area contributed by atoms with Gasteiger partial charge in [-0.3, -0.25) is 4.68 Å². The first-order valence-electron chi connectivity index (χ1n) is 3.88. The van der Waals surface area contributed by atoms with Crippen molar-refractivity contribution in [1.82, 2.24) is 9.78 Å². The highest BCUT2D eigenvalue weighted by molar-refractivity contribution is 5.82. The lowest BCUT2D eigenvalue weighted by Crippen LogP contribution is -1.94. The van der Waals surface area contributed by atoms with Gasteiger partial charge in [0.1, 0.15) is 5.52 Å². The van der Waals surface area contributed by atoms with Gasteiger partial charge in [-0.2, -0.15) is 5.10 Å². The number of aryl methyl sites for hydroxylation is 2. The molecule has 2 aromatic rings. The molecule has 1 aromatic carbocycles. The predicted molar refractivity (Wildman–Crippen MR) is 45.4 cm³/mol. The summed E-state index contributed by atoms with van der Waals surface area (Å²) >= 11 is 0. The van der Waals surface area contributed by atoms with Crippen molar-refractivity contribution in [2.45, 2.75) is 6.92 Å². The van der Waals surface area contributed by atoms with E-state index in [9.17, 15) is 8.78 Å². The number of halogens is 2. The van der Waals surface area contributed by atoms with Crippen LogP contribution in [-0.2, 0) is 7.05 Å². The third-order valence-electron chi connectivity index (χ3n) is 2.08. The van der Waals surface area contributed by atoms with Gasteiger partial charge in [-0.15, -0.1) is 0 Å². The van der Waals surface area contributed by atoms with Gasteiger partial charge >= 0.3 is 0 Å². The first-order valence-corrected chi connectivity index (χ1v) is 3.88. The summed E-state index contributed by atoms with van der Waals surface area (Å²) in [5, 5.41) is 4.66. The highest BCUT2D eigenvalue weighted by Crippen LogP contribution is 2.21. The Labute approximate surface area is 73.8 Å². The molecule has 2 rings (SSSR count). The van der Waals surface area contributed by atoms with Crippen LogP contribution in [0.3, 0.4) is 0 Å². The molecule has 0 radical (unpaired) electrons. The van der Waals surface area contributed by atoms with Crippen LogP contribution in [0.4, 0.5) is 8.78 Å². The molecule has 0 unspecified atom stereocenters. The number of hydrogen-bond donors (Lipinski definition) is 0. The van der Waals surface area contributed by atoms with Crippen molar-refractivity contribution in [3.05, 3.63) is 29.5 Å². The smallest absolute Gasteiger partial charge is 0.184 e. The number of nitrogens with zero attached hydrogens (tertiary/aromatic N) is 2. The van der Waals surface area contributed by atoms with Gasteiger partial charge in [0, 0.05) is 12.4 Å². The quantitative estimate of drug-likeness (QED) is 0.610. The SMILES string of the molecule is Cc1nn(C)c2c(F)c(F)ccc12. The predicted octanol–water partition coefficient (Wildman–Crippen LogP) is 2.16. The number of rotatable bonds is 0. The molecule has 13 heavy (non-hydrogen) atoms. The Morgan fingerprint density at radius 3 is 2.69 bits per heavy atom. The Morgan fingerprint density at radius 1 is 1.31 bits per heavy atom. The molecule has 0 saturated carbocycles. The van der Waals surface area contributed by atoms with E-state index in [1.54, 1.807) is 14.0 Å². The van der Waals surface area contributed by atoms with Gasteiger partial charge in [0.15, 0.2) is 11.6 Å². The Balaban J connectivity index is 2.98. The third-order valence-corrected chi connectivity index (χ3v) is 2.08. The second-order valence-corrected chi connectivity index (χ2v) is 2.97. The summed E-state index contributed by atoms with van der Waals surface area (Å²) in [7, 11) is 1.60. The minimum Gasteiger partial charge on any atom is -0.265 e. The van der Waals surface area contributed by atoms with Gasteiger partial charge in [0.05, 0.1) is 5.69 Å². The van der Waals surface area contributed by atoms with Crippen LogP contribution in [0.15, 0.2) is 12.1 Å². The number of aromatic nitrogens is 2. The normalized spacial score (nSPS) is 11.1. The van der Waals surface area contributed by atoms with Crippen LogP contribution in [-0.4, -0.2) is 9.78 Å². The molecule has 0 fully saturated rings. The van der Waals surface area contributed by atoms with Crippen molar-refractivity contribution in [1.29, 1.82) is 0 Å². The largest absolute Gasteiger partial charge is 0.265 e. The molecule has 1 heterocycles. The molecular formula is C9H8F2N2. The van der Waals surface area contributed by atoms with Crippen molar-refractivity contribution in [2.24, 2.45) is 7.05 Å². The number of hydrogen-bond acceptors (Lipinski definition) is 1. The van der Waals surface area contributed by atoms with E-state index in [1.165, 1.54) is 10.7 Å². The van der Waals surface area contributed by atoms with Crippen LogP contribution in [0, 0.1) is 18.6 Å². The van der Waals surface area contributed by atoms with E-state index in [0.29, 0.717) is 11.1 Å². The molecule has 2 nitrogen and oxygen atoms in total. The van der Waals surface area contributed by atoms with Gasteiger partial charge < -0.3 is 0 Å². The maximum Gasteiger partial charge on any atom is 0.184 e. The Hall–Kier alpha value is -1.45. The van der Waals surface area contributed by atoms with E-state index in [1.807, 2.05) is 0 Å². The molecule has 0 bridgehead atoms. The van der Waals surface area contributed by atoms with Crippen LogP contribution in [0.25, 0.3) is 10.9 Å². The molecule has 0 aliphatic rings. The molecule has 0 saturated heterocycles. The van der Waals surface area contributed by atoms with Crippen LogP contribution in [0.2, 0.25) is 0 Å². The number of benzene rings is 1. The van der Waals surface area contributed by atoms with Crippen LogP contribution < -0.4 is 0 Å². The monoisotopic (exact) mass is 182 g/mol. The van der Waals surface area contributed by atoms with Gasteiger partial charge in [-0.25, -0.2) is 8.78 Å². The summed E-state index contributed by atoms with van der Waals surface area (Å²) < 4.78 is 27.4. The van der Waals surface area contributed by atoms with Crippen molar-refractivity contribution in [3.8, 4) is 0 Å². The zero-order chi connectivity index (χ0) is 9.59. The molecule has 68 valence electrons. The van der Waals surface area contributed by atoms with Crippen molar-refractivity contribution in [3.63, 3.8) is 0 Å². The highest BCUT2D eigenvalue weighted by Gasteiger charge is 2.12. The minimum atomic E-state index is -0.838. The van der Waals surface area contributed by atoms with Crippen LogP contribution in [0.5, 0.6) is 0 Å². The fourth-order valence-corrected chi connectivity index (χ4v) is 1.48. The lowest BCUT2D eigenvalue weighted by Gasteiger charge is -1.96. The van der Waals surface area contributed by atoms with Crippen LogP contribution >= 0.6 is 0 Å². The van der Waals surface area contributed by atoms with Crippen molar-refractivity contribution >= 4 is 10.9 Å². The summed E-state index contributed by atoms with van der Waals surface area (Å²) in [4.78, 5) is 0. The molecule has 0 amide bonds. The minimum absolute atomic E-state index is 0.220. The summed E-state index contributed by atoms with van der Waals surface area (Å²) in [6.45, 7) is 1.76. The highest BCUT2D eigenvalue weighted by atomic mass is 19.2. The standard InChI is InChI=1S/C9H8F2N2/c1-5-6-3-4-7(10)8(11)9(6)13(2)12-5/h3-4H,1-2H3. The maximum atomic E-state index is 13.2. The third kappa shape index (κ3) is 1.02. The fraction of sp³-hybridized carbons (Fsp3) is 0.222. The average Bonchev–Trinajstić information content (AvgIpc) is 2.35. The summed E-state index contributed by atoms with van der Waals surface area (Å²) in [5.74, 6) is -1.67. The molecule has 0 atom stereocenters. The first kappa shape index (κ1) is 8.16. The first-order chi connectivity index (χ1) is 6.11. The zero-order valence-corrected chi connectivity index (χ0v) is 7.31. The summed E-state index contributed by atoms with van der Waals surface area (Å²) in [6.07, 6.45) is 0. The zero-order valence-electron chi connectivity index (χ0n) is 7.31. The molecule has 0 aliphatic heterocycles. The van der Waals surface area contributed by atoms with Gasteiger partial charge in [-0.1, -0.05) is 0 Å². The second kappa shape index (κ2) is 2.52. The molecule has 0 N–H and O–H groups in total. The van der Waals surface area contributed by atoms with E-state index in [-0.39, 0.29) is 5.52 Å². The Kier molecular flexibility index (Phi) is 1.58. The molecule has 0 aliphatic carbocycles. The maximum absolute atomic E-state index is 13.2. The van der Waals surface area contributed by atoms with E-state index in [0.717, 1.165) is 6.07 Å².